The van der Waals surface area contributed by atoms with E-state index in [4.69, 9.17) is 27.9 Å². The van der Waals surface area contributed by atoms with E-state index in [1.54, 1.807) is 23.7 Å². The first-order valence-electron chi connectivity index (χ1n) is 7.33. The standard InChI is InChI=1S/C18H13Cl2N3O2/c1-23-15-5-3-2-4-14(15)22-18(23)12(9-21)16(24)10-25-17-7-6-11(19)8-13(17)20/h2-8,24H,10H2,1H3/b16-12+. The predicted octanol–water partition coefficient (Wildman–Crippen LogP) is 4.75. The van der Waals surface area contributed by atoms with Crippen molar-refractivity contribution >= 4 is 39.8 Å². The monoisotopic (exact) mass is 373 g/mol. The van der Waals surface area contributed by atoms with Crippen LogP contribution in [0.15, 0.2) is 48.2 Å². The smallest absolute Gasteiger partial charge is 0.155 e. The minimum atomic E-state index is -0.230. The summed E-state index contributed by atoms with van der Waals surface area (Å²) in [6.07, 6.45) is 0. The number of aryl methyl sites for hydroxylation is 1. The Hall–Kier alpha value is -2.68. The zero-order valence-corrected chi connectivity index (χ0v) is 14.7. The van der Waals surface area contributed by atoms with Crippen LogP contribution in [-0.4, -0.2) is 21.3 Å². The number of fused-ring (bicyclic) bond motifs is 1. The number of hydrogen-bond donors (Lipinski definition) is 1. The number of aliphatic hydroxyl groups excluding tert-OH is 1. The van der Waals surface area contributed by atoms with E-state index in [2.05, 4.69) is 4.98 Å². The van der Waals surface area contributed by atoms with Crippen molar-refractivity contribution < 1.29 is 9.84 Å². The van der Waals surface area contributed by atoms with E-state index in [0.29, 0.717) is 21.6 Å². The first-order chi connectivity index (χ1) is 12.0. The molecule has 0 aliphatic rings. The van der Waals surface area contributed by atoms with Gasteiger partial charge in [0.1, 0.15) is 24.0 Å². The molecule has 0 unspecified atom stereocenters. The molecule has 3 rings (SSSR count). The molecular weight excluding hydrogens is 361 g/mol. The van der Waals surface area contributed by atoms with Gasteiger partial charge in [-0.1, -0.05) is 35.3 Å². The number of allylic oxidation sites excluding steroid dienone is 1. The SMILES string of the molecule is Cn1c(/C(C#N)=C(/O)COc2ccc(Cl)cc2Cl)nc2ccccc21. The zero-order valence-electron chi connectivity index (χ0n) is 13.2. The van der Waals surface area contributed by atoms with E-state index >= 15 is 0 Å². The molecule has 1 heterocycles. The highest BCUT2D eigenvalue weighted by Crippen LogP contribution is 2.28. The van der Waals surface area contributed by atoms with E-state index in [9.17, 15) is 10.4 Å². The Morgan fingerprint density at radius 3 is 2.72 bits per heavy atom. The zero-order chi connectivity index (χ0) is 18.0. The Labute approximate surface area is 154 Å². The van der Waals surface area contributed by atoms with Crippen LogP contribution in [-0.2, 0) is 7.05 Å². The van der Waals surface area contributed by atoms with Crippen LogP contribution in [0.4, 0.5) is 0 Å². The molecule has 2 aromatic carbocycles. The number of nitrogens with zero attached hydrogens (tertiary/aromatic N) is 3. The van der Waals surface area contributed by atoms with Crippen LogP contribution >= 0.6 is 23.2 Å². The molecule has 25 heavy (non-hydrogen) atoms. The van der Waals surface area contributed by atoms with Crippen molar-refractivity contribution in [3.63, 3.8) is 0 Å². The average molecular weight is 374 g/mol. The molecular formula is C18H13Cl2N3O2. The summed E-state index contributed by atoms with van der Waals surface area (Å²) < 4.78 is 7.23. The number of halogens is 2. The van der Waals surface area contributed by atoms with Gasteiger partial charge in [0, 0.05) is 12.1 Å². The summed E-state index contributed by atoms with van der Waals surface area (Å²) in [5.74, 6) is 0.499. The van der Waals surface area contributed by atoms with E-state index in [1.807, 2.05) is 30.3 Å². The second-order valence-electron chi connectivity index (χ2n) is 5.28. The lowest BCUT2D eigenvalue weighted by atomic mass is 10.2. The van der Waals surface area contributed by atoms with Gasteiger partial charge in [0.05, 0.1) is 16.1 Å². The van der Waals surface area contributed by atoms with Gasteiger partial charge in [0.25, 0.3) is 0 Å². The highest BCUT2D eigenvalue weighted by atomic mass is 35.5. The molecule has 126 valence electrons. The Morgan fingerprint density at radius 2 is 2.04 bits per heavy atom. The summed E-state index contributed by atoms with van der Waals surface area (Å²) in [6, 6.07) is 14.2. The lowest BCUT2D eigenvalue weighted by molar-refractivity contribution is 0.272. The molecule has 0 saturated carbocycles. The van der Waals surface area contributed by atoms with Crippen molar-refractivity contribution in [2.75, 3.05) is 6.61 Å². The lowest BCUT2D eigenvalue weighted by Gasteiger charge is -2.09. The van der Waals surface area contributed by atoms with Crippen molar-refractivity contribution in [1.29, 1.82) is 5.26 Å². The van der Waals surface area contributed by atoms with Crippen molar-refractivity contribution in [2.24, 2.45) is 7.05 Å². The van der Waals surface area contributed by atoms with Gasteiger partial charge >= 0.3 is 0 Å². The average Bonchev–Trinajstić information content (AvgIpc) is 2.92. The molecule has 0 fully saturated rings. The quantitative estimate of drug-likeness (QED) is 0.528. The van der Waals surface area contributed by atoms with Gasteiger partial charge in [-0.25, -0.2) is 4.98 Å². The third kappa shape index (κ3) is 3.41. The first-order valence-corrected chi connectivity index (χ1v) is 8.08. The number of benzene rings is 2. The Bertz CT molecular complexity index is 1020. The van der Waals surface area contributed by atoms with Gasteiger partial charge in [0.2, 0.25) is 0 Å². The summed E-state index contributed by atoms with van der Waals surface area (Å²) >= 11 is 11.9. The Kier molecular flexibility index (Phi) is 4.84. The van der Waals surface area contributed by atoms with Gasteiger partial charge in [-0.3, -0.25) is 0 Å². The van der Waals surface area contributed by atoms with Crippen LogP contribution in [0.5, 0.6) is 5.75 Å². The second kappa shape index (κ2) is 7.06. The van der Waals surface area contributed by atoms with Gasteiger partial charge in [-0.2, -0.15) is 5.26 Å². The van der Waals surface area contributed by atoms with Gasteiger partial charge in [-0.15, -0.1) is 0 Å². The Morgan fingerprint density at radius 1 is 1.28 bits per heavy atom. The molecule has 3 aromatic rings. The van der Waals surface area contributed by atoms with Crippen LogP contribution in [0.3, 0.4) is 0 Å². The van der Waals surface area contributed by atoms with E-state index < -0.39 is 0 Å². The fourth-order valence-electron chi connectivity index (χ4n) is 2.42. The largest absolute Gasteiger partial charge is 0.507 e. The number of hydrogen-bond acceptors (Lipinski definition) is 4. The summed E-state index contributed by atoms with van der Waals surface area (Å²) in [5.41, 5.74) is 1.64. The maximum absolute atomic E-state index is 10.3. The number of rotatable bonds is 4. The van der Waals surface area contributed by atoms with Gasteiger partial charge in [0.15, 0.2) is 11.6 Å². The molecule has 0 bridgehead atoms. The number of aliphatic hydroxyl groups is 1. The molecule has 5 nitrogen and oxygen atoms in total. The molecule has 0 spiro atoms. The highest BCUT2D eigenvalue weighted by Gasteiger charge is 2.17. The van der Waals surface area contributed by atoms with E-state index in [1.165, 1.54) is 6.07 Å². The lowest BCUT2D eigenvalue weighted by Crippen LogP contribution is -2.06. The van der Waals surface area contributed by atoms with Crippen LogP contribution in [0.1, 0.15) is 5.82 Å². The first kappa shape index (κ1) is 17.2. The topological polar surface area (TPSA) is 71.1 Å². The van der Waals surface area contributed by atoms with Crippen molar-refractivity contribution in [1.82, 2.24) is 9.55 Å². The Balaban J connectivity index is 1.92. The van der Waals surface area contributed by atoms with Crippen LogP contribution in [0.25, 0.3) is 16.6 Å². The molecule has 1 N–H and O–H groups in total. The summed E-state index contributed by atoms with van der Waals surface area (Å²) in [6.45, 7) is -0.215. The summed E-state index contributed by atoms with van der Waals surface area (Å²) in [7, 11) is 1.78. The molecule has 0 radical (unpaired) electrons. The predicted molar refractivity (Wildman–Crippen MR) is 97.8 cm³/mol. The molecule has 0 saturated heterocycles. The summed E-state index contributed by atoms with van der Waals surface area (Å²) in [4.78, 5) is 4.41. The third-order valence-corrected chi connectivity index (χ3v) is 4.20. The maximum atomic E-state index is 10.3. The van der Waals surface area contributed by atoms with Gasteiger partial charge in [-0.05, 0) is 30.3 Å². The van der Waals surface area contributed by atoms with Crippen molar-refractivity contribution in [2.45, 2.75) is 0 Å². The second-order valence-corrected chi connectivity index (χ2v) is 6.12. The number of nitriles is 1. The number of imidazole rings is 1. The number of aromatic nitrogens is 2. The van der Waals surface area contributed by atoms with E-state index in [-0.39, 0.29) is 17.9 Å². The molecule has 0 aliphatic heterocycles. The molecule has 0 aliphatic carbocycles. The molecule has 7 heteroatoms. The molecule has 0 atom stereocenters. The third-order valence-electron chi connectivity index (χ3n) is 3.67. The van der Waals surface area contributed by atoms with Gasteiger partial charge < -0.3 is 14.4 Å². The summed E-state index contributed by atoms with van der Waals surface area (Å²) in [5, 5.41) is 20.6. The number of para-hydroxylation sites is 2. The highest BCUT2D eigenvalue weighted by molar-refractivity contribution is 6.35. The number of ether oxygens (including phenoxy) is 1. The van der Waals surface area contributed by atoms with Crippen LogP contribution < -0.4 is 4.74 Å². The van der Waals surface area contributed by atoms with Crippen molar-refractivity contribution in [3.05, 3.63) is 64.1 Å². The maximum Gasteiger partial charge on any atom is 0.155 e. The van der Waals surface area contributed by atoms with E-state index in [0.717, 1.165) is 11.0 Å². The minimum absolute atomic E-state index is 0.0452. The van der Waals surface area contributed by atoms with Crippen LogP contribution in [0.2, 0.25) is 10.0 Å². The normalized spacial score (nSPS) is 11.9. The minimum Gasteiger partial charge on any atom is -0.507 e. The molecule has 1 aromatic heterocycles. The van der Waals surface area contributed by atoms with Crippen LogP contribution in [0, 0.1) is 11.3 Å². The molecule has 0 amide bonds. The fourth-order valence-corrected chi connectivity index (χ4v) is 2.89. The van der Waals surface area contributed by atoms with Crippen molar-refractivity contribution in [3.8, 4) is 11.8 Å². The fraction of sp³-hybridized carbons (Fsp3) is 0.111.